The van der Waals surface area contributed by atoms with Crippen LogP contribution in [-0.2, 0) is 15.6 Å². The van der Waals surface area contributed by atoms with Crippen molar-refractivity contribution in [2.45, 2.75) is 17.9 Å². The molecule has 0 aliphatic carbocycles. The molecule has 18 heavy (non-hydrogen) atoms. The highest BCUT2D eigenvalue weighted by Gasteiger charge is 2.20. The molecule has 0 amide bonds. The van der Waals surface area contributed by atoms with Gasteiger partial charge >= 0.3 is 0 Å². The largest absolute Gasteiger partial charge is 0.329 e. The van der Waals surface area contributed by atoms with Crippen LogP contribution in [0.25, 0.3) is 10.9 Å². The van der Waals surface area contributed by atoms with Crippen LogP contribution in [0.2, 0.25) is 0 Å². The SMILES string of the molecule is CC(CN)S(=O)(=O)Cc1cccc2cccnc12. The Morgan fingerprint density at radius 3 is 2.72 bits per heavy atom. The fourth-order valence-electron chi connectivity index (χ4n) is 1.79. The number of fused-ring (bicyclic) bond motifs is 1. The van der Waals surface area contributed by atoms with Gasteiger partial charge in [0.15, 0.2) is 9.84 Å². The zero-order chi connectivity index (χ0) is 13.2. The van der Waals surface area contributed by atoms with Gasteiger partial charge in [0, 0.05) is 18.1 Å². The lowest BCUT2D eigenvalue weighted by Gasteiger charge is -2.11. The average molecular weight is 264 g/mol. The molecular weight excluding hydrogens is 248 g/mol. The van der Waals surface area contributed by atoms with Crippen LogP contribution in [0, 0.1) is 0 Å². The van der Waals surface area contributed by atoms with Crippen LogP contribution in [-0.4, -0.2) is 25.2 Å². The van der Waals surface area contributed by atoms with Crippen molar-refractivity contribution in [3.05, 3.63) is 42.1 Å². The molecular formula is C13H16N2O2S. The van der Waals surface area contributed by atoms with E-state index in [1.54, 1.807) is 19.2 Å². The quantitative estimate of drug-likeness (QED) is 0.908. The van der Waals surface area contributed by atoms with Crippen LogP contribution >= 0.6 is 0 Å². The Bertz CT molecular complexity index is 648. The molecule has 1 aromatic heterocycles. The van der Waals surface area contributed by atoms with Crippen molar-refractivity contribution in [3.63, 3.8) is 0 Å². The summed E-state index contributed by atoms with van der Waals surface area (Å²) >= 11 is 0. The molecule has 0 saturated heterocycles. The minimum absolute atomic E-state index is 0.0142. The summed E-state index contributed by atoms with van der Waals surface area (Å²) in [7, 11) is -3.22. The Balaban J connectivity index is 2.44. The Kier molecular flexibility index (Phi) is 3.63. The van der Waals surface area contributed by atoms with Crippen LogP contribution in [0.4, 0.5) is 0 Å². The third-order valence-electron chi connectivity index (χ3n) is 3.02. The van der Waals surface area contributed by atoms with E-state index in [0.29, 0.717) is 0 Å². The molecule has 2 aromatic rings. The second kappa shape index (κ2) is 5.04. The first-order chi connectivity index (χ1) is 8.54. The number of nitrogens with zero attached hydrogens (tertiary/aromatic N) is 1. The predicted molar refractivity (Wildman–Crippen MR) is 72.9 cm³/mol. The van der Waals surface area contributed by atoms with Crippen molar-refractivity contribution in [2.24, 2.45) is 5.73 Å². The highest BCUT2D eigenvalue weighted by atomic mass is 32.2. The summed E-state index contributed by atoms with van der Waals surface area (Å²) in [5, 5.41) is 0.419. The van der Waals surface area contributed by atoms with E-state index in [9.17, 15) is 8.42 Å². The molecule has 0 aliphatic heterocycles. The van der Waals surface area contributed by atoms with Gasteiger partial charge in [-0.05, 0) is 18.6 Å². The number of sulfone groups is 1. The smallest absolute Gasteiger partial charge is 0.158 e. The Morgan fingerprint density at radius 2 is 2.00 bits per heavy atom. The van der Waals surface area contributed by atoms with Gasteiger partial charge in [-0.1, -0.05) is 24.3 Å². The lowest BCUT2D eigenvalue weighted by atomic mass is 10.1. The molecule has 1 unspecified atom stereocenters. The standard InChI is InChI=1S/C13H16N2O2S/c1-10(8-14)18(16,17)9-12-5-2-4-11-6-3-7-15-13(11)12/h2-7,10H,8-9,14H2,1H3. The highest BCUT2D eigenvalue weighted by molar-refractivity contribution is 7.91. The fourth-order valence-corrected chi connectivity index (χ4v) is 3.03. The van der Waals surface area contributed by atoms with E-state index in [4.69, 9.17) is 5.73 Å². The van der Waals surface area contributed by atoms with Gasteiger partial charge < -0.3 is 5.73 Å². The van der Waals surface area contributed by atoms with Gasteiger partial charge in [-0.2, -0.15) is 0 Å². The molecule has 0 bridgehead atoms. The van der Waals surface area contributed by atoms with Crippen molar-refractivity contribution in [1.82, 2.24) is 4.98 Å². The average Bonchev–Trinajstić information content (AvgIpc) is 2.38. The van der Waals surface area contributed by atoms with Gasteiger partial charge in [0.25, 0.3) is 0 Å². The lowest BCUT2D eigenvalue weighted by Crippen LogP contribution is -2.27. The highest BCUT2D eigenvalue weighted by Crippen LogP contribution is 2.19. The van der Waals surface area contributed by atoms with Gasteiger partial charge in [0.1, 0.15) is 0 Å². The summed E-state index contributed by atoms with van der Waals surface area (Å²) in [4.78, 5) is 4.25. The van der Waals surface area contributed by atoms with E-state index in [2.05, 4.69) is 4.98 Å². The zero-order valence-corrected chi connectivity index (χ0v) is 11.0. The van der Waals surface area contributed by atoms with Crippen molar-refractivity contribution >= 4 is 20.7 Å². The number of aromatic nitrogens is 1. The summed E-state index contributed by atoms with van der Waals surface area (Å²) < 4.78 is 24.1. The molecule has 1 aromatic carbocycles. The Labute approximate surface area is 107 Å². The number of nitrogens with two attached hydrogens (primary N) is 1. The van der Waals surface area contributed by atoms with Crippen LogP contribution in [0.1, 0.15) is 12.5 Å². The first-order valence-electron chi connectivity index (χ1n) is 5.79. The lowest BCUT2D eigenvalue weighted by molar-refractivity contribution is 0.583. The van der Waals surface area contributed by atoms with Crippen LogP contribution < -0.4 is 5.73 Å². The molecule has 1 atom stereocenters. The van der Waals surface area contributed by atoms with Crippen molar-refractivity contribution in [3.8, 4) is 0 Å². The number of pyridine rings is 1. The maximum Gasteiger partial charge on any atom is 0.158 e. The summed E-state index contributed by atoms with van der Waals surface area (Å²) in [5.41, 5.74) is 6.90. The third-order valence-corrected chi connectivity index (χ3v) is 5.15. The van der Waals surface area contributed by atoms with Gasteiger partial charge in [0.05, 0.1) is 16.5 Å². The summed E-state index contributed by atoms with van der Waals surface area (Å²) in [5.74, 6) is -0.0142. The summed E-state index contributed by atoms with van der Waals surface area (Å²) in [6, 6.07) is 9.33. The monoisotopic (exact) mass is 264 g/mol. The third kappa shape index (κ3) is 2.52. The van der Waals surface area contributed by atoms with Gasteiger partial charge in [-0.3, -0.25) is 4.98 Å². The van der Waals surface area contributed by atoms with Crippen LogP contribution in [0.3, 0.4) is 0 Å². The topological polar surface area (TPSA) is 73.1 Å². The number of hydrogen-bond acceptors (Lipinski definition) is 4. The molecule has 0 radical (unpaired) electrons. The fraction of sp³-hybridized carbons (Fsp3) is 0.308. The maximum atomic E-state index is 12.1. The molecule has 2 rings (SSSR count). The molecule has 0 fully saturated rings. The molecule has 4 nitrogen and oxygen atoms in total. The first kappa shape index (κ1) is 13.0. The van der Waals surface area contributed by atoms with E-state index in [-0.39, 0.29) is 12.3 Å². The molecule has 0 spiro atoms. The molecule has 0 saturated carbocycles. The molecule has 2 N–H and O–H groups in total. The van der Waals surface area contributed by atoms with Gasteiger partial charge in [0.2, 0.25) is 0 Å². The van der Waals surface area contributed by atoms with E-state index in [0.717, 1.165) is 16.5 Å². The molecule has 0 aliphatic rings. The number of benzene rings is 1. The Morgan fingerprint density at radius 1 is 1.28 bits per heavy atom. The van der Waals surface area contributed by atoms with Gasteiger partial charge in [-0.15, -0.1) is 0 Å². The van der Waals surface area contributed by atoms with Crippen molar-refractivity contribution < 1.29 is 8.42 Å². The van der Waals surface area contributed by atoms with Crippen LogP contribution in [0.15, 0.2) is 36.5 Å². The van der Waals surface area contributed by atoms with E-state index in [1.165, 1.54) is 0 Å². The van der Waals surface area contributed by atoms with Crippen molar-refractivity contribution in [2.75, 3.05) is 6.54 Å². The van der Waals surface area contributed by atoms with Crippen molar-refractivity contribution in [1.29, 1.82) is 0 Å². The van der Waals surface area contributed by atoms with Gasteiger partial charge in [-0.25, -0.2) is 8.42 Å². The number of para-hydroxylation sites is 1. The molecule has 5 heteroatoms. The zero-order valence-electron chi connectivity index (χ0n) is 10.2. The molecule has 1 heterocycles. The normalized spacial score (nSPS) is 13.7. The summed E-state index contributed by atoms with van der Waals surface area (Å²) in [6.07, 6.45) is 1.67. The minimum Gasteiger partial charge on any atom is -0.329 e. The van der Waals surface area contributed by atoms with E-state index in [1.807, 2.05) is 24.3 Å². The first-order valence-corrected chi connectivity index (χ1v) is 7.50. The number of rotatable bonds is 4. The molecule has 96 valence electrons. The predicted octanol–water partition coefficient (Wildman–Crippen LogP) is 1.50. The maximum absolute atomic E-state index is 12.1. The number of hydrogen-bond donors (Lipinski definition) is 1. The summed E-state index contributed by atoms with van der Waals surface area (Å²) in [6.45, 7) is 1.77. The van der Waals surface area contributed by atoms with Crippen LogP contribution in [0.5, 0.6) is 0 Å². The second-order valence-corrected chi connectivity index (χ2v) is 6.76. The second-order valence-electron chi connectivity index (χ2n) is 4.35. The Hall–Kier alpha value is -1.46. The van der Waals surface area contributed by atoms with E-state index < -0.39 is 15.1 Å². The van der Waals surface area contributed by atoms with E-state index >= 15 is 0 Å². The minimum atomic E-state index is -3.22.